The minimum Gasteiger partial charge on any atom is -0.305 e. The lowest BCUT2D eigenvalue weighted by Gasteiger charge is -2.02. The van der Waals surface area contributed by atoms with Gasteiger partial charge in [-0.05, 0) is 37.8 Å². The first-order valence-corrected chi connectivity index (χ1v) is 4.39. The lowest BCUT2D eigenvalue weighted by molar-refractivity contribution is 0.762. The van der Waals surface area contributed by atoms with Crippen molar-refractivity contribution in [2.75, 3.05) is 0 Å². The highest BCUT2D eigenvalue weighted by Crippen LogP contribution is 2.17. The van der Waals surface area contributed by atoms with Crippen LogP contribution in [0.5, 0.6) is 0 Å². The van der Waals surface area contributed by atoms with E-state index in [0.29, 0.717) is 0 Å². The smallest absolute Gasteiger partial charge is 0.0493 e. The van der Waals surface area contributed by atoms with Crippen molar-refractivity contribution in [2.24, 2.45) is 0 Å². The van der Waals surface area contributed by atoms with Crippen LogP contribution in [-0.2, 0) is 6.42 Å². The van der Waals surface area contributed by atoms with Crippen LogP contribution in [0.25, 0.3) is 0 Å². The minimum atomic E-state index is 0.760. The maximum atomic E-state index is 7.77. The Morgan fingerprint density at radius 2 is 2.08 bits per heavy atom. The molecule has 1 aliphatic carbocycles. The van der Waals surface area contributed by atoms with Gasteiger partial charge in [0.05, 0.1) is 0 Å². The molecule has 0 aliphatic heterocycles. The maximum absolute atomic E-state index is 7.77. The van der Waals surface area contributed by atoms with Gasteiger partial charge in [-0.25, -0.2) is 0 Å². The van der Waals surface area contributed by atoms with Gasteiger partial charge < -0.3 is 5.41 Å². The first-order chi connectivity index (χ1) is 5.88. The monoisotopic (exact) mass is 160 g/mol. The largest absolute Gasteiger partial charge is 0.305 e. The Hall–Kier alpha value is -1.18. The highest BCUT2D eigenvalue weighted by Gasteiger charge is 2.11. The van der Waals surface area contributed by atoms with Crippen molar-refractivity contribution in [3.05, 3.63) is 29.6 Å². The van der Waals surface area contributed by atoms with Crippen LogP contribution in [0.4, 0.5) is 0 Å². The van der Waals surface area contributed by atoms with Crippen LogP contribution >= 0.6 is 0 Å². The van der Waals surface area contributed by atoms with Gasteiger partial charge in [-0.1, -0.05) is 0 Å². The summed E-state index contributed by atoms with van der Waals surface area (Å²) in [6.07, 6.45) is 6.08. The second kappa shape index (κ2) is 3.05. The summed E-state index contributed by atoms with van der Waals surface area (Å²) >= 11 is 0. The molecule has 0 spiro atoms. The van der Waals surface area contributed by atoms with Crippen molar-refractivity contribution in [3.63, 3.8) is 0 Å². The number of nitrogens with zero attached hydrogens (tertiary/aromatic N) is 1. The molecular formula is C10H12N2. The topological polar surface area (TPSA) is 36.7 Å². The van der Waals surface area contributed by atoms with E-state index in [1.807, 2.05) is 18.3 Å². The molecule has 2 nitrogen and oxygen atoms in total. The van der Waals surface area contributed by atoms with E-state index in [2.05, 4.69) is 4.98 Å². The van der Waals surface area contributed by atoms with Gasteiger partial charge in [0.15, 0.2) is 0 Å². The van der Waals surface area contributed by atoms with E-state index in [4.69, 9.17) is 5.41 Å². The molecule has 0 aromatic carbocycles. The average Bonchev–Trinajstić information content (AvgIpc) is 2.29. The van der Waals surface area contributed by atoms with Crippen LogP contribution < -0.4 is 0 Å². The van der Waals surface area contributed by atoms with Crippen LogP contribution in [0.15, 0.2) is 18.3 Å². The number of aromatic nitrogens is 1. The Morgan fingerprint density at radius 1 is 1.25 bits per heavy atom. The summed E-state index contributed by atoms with van der Waals surface area (Å²) in [5, 5.41) is 7.77. The lowest BCUT2D eigenvalue weighted by atomic mass is 10.1. The molecule has 0 saturated carbocycles. The fourth-order valence-corrected chi connectivity index (χ4v) is 1.64. The summed E-state index contributed by atoms with van der Waals surface area (Å²) in [7, 11) is 0. The summed E-state index contributed by atoms with van der Waals surface area (Å²) in [4.78, 5) is 4.29. The summed E-state index contributed by atoms with van der Waals surface area (Å²) < 4.78 is 0. The van der Waals surface area contributed by atoms with Crippen molar-refractivity contribution in [1.29, 1.82) is 5.41 Å². The van der Waals surface area contributed by atoms with Gasteiger partial charge >= 0.3 is 0 Å². The molecule has 2 heteroatoms. The number of nitrogens with one attached hydrogen (secondary N) is 1. The third-order valence-corrected chi connectivity index (χ3v) is 2.31. The summed E-state index contributed by atoms with van der Waals surface area (Å²) in [5.74, 6) is 0. The van der Waals surface area contributed by atoms with Crippen molar-refractivity contribution in [3.8, 4) is 0 Å². The van der Waals surface area contributed by atoms with E-state index in [1.54, 1.807) is 0 Å². The van der Waals surface area contributed by atoms with Crippen molar-refractivity contribution in [1.82, 2.24) is 4.98 Å². The molecule has 1 heterocycles. The van der Waals surface area contributed by atoms with Gasteiger partial charge in [-0.3, -0.25) is 4.98 Å². The van der Waals surface area contributed by atoms with Crippen LogP contribution in [0.2, 0.25) is 0 Å². The number of hydrogen-bond donors (Lipinski definition) is 1. The van der Waals surface area contributed by atoms with Gasteiger partial charge in [0, 0.05) is 23.2 Å². The Bertz CT molecular complexity index is 304. The molecule has 62 valence electrons. The molecule has 0 saturated heterocycles. The van der Waals surface area contributed by atoms with Crippen molar-refractivity contribution < 1.29 is 0 Å². The molecule has 0 bridgehead atoms. The maximum Gasteiger partial charge on any atom is 0.0493 e. The highest BCUT2D eigenvalue weighted by molar-refractivity contribution is 5.99. The Kier molecular flexibility index (Phi) is 1.90. The Morgan fingerprint density at radius 3 is 3.00 bits per heavy atom. The van der Waals surface area contributed by atoms with Gasteiger partial charge in [0.25, 0.3) is 0 Å². The molecule has 2 rings (SSSR count). The first-order valence-electron chi connectivity index (χ1n) is 4.39. The number of aryl methyl sites for hydroxylation is 1. The second-order valence-corrected chi connectivity index (χ2v) is 3.18. The van der Waals surface area contributed by atoms with Gasteiger partial charge in [0.2, 0.25) is 0 Å². The summed E-state index contributed by atoms with van der Waals surface area (Å²) in [6, 6.07) is 3.93. The average molecular weight is 160 g/mol. The summed E-state index contributed by atoms with van der Waals surface area (Å²) in [5.41, 5.74) is 2.94. The minimum absolute atomic E-state index is 0.760. The number of fused-ring (bicyclic) bond motifs is 1. The van der Waals surface area contributed by atoms with E-state index < -0.39 is 0 Å². The molecule has 0 fully saturated rings. The van der Waals surface area contributed by atoms with E-state index in [1.165, 1.54) is 6.42 Å². The third-order valence-electron chi connectivity index (χ3n) is 2.31. The lowest BCUT2D eigenvalue weighted by Crippen LogP contribution is -2.01. The van der Waals surface area contributed by atoms with Gasteiger partial charge in [0.1, 0.15) is 0 Å². The van der Waals surface area contributed by atoms with Crippen molar-refractivity contribution >= 4 is 5.71 Å². The number of pyridine rings is 1. The summed E-state index contributed by atoms with van der Waals surface area (Å²) in [6.45, 7) is 0. The Balaban J connectivity index is 2.46. The SMILES string of the molecule is N=C1CCCCc2ncccc21. The third kappa shape index (κ3) is 1.24. The predicted octanol–water partition coefficient (Wildman–Crippen LogP) is 2.18. The molecule has 0 radical (unpaired) electrons. The Labute approximate surface area is 72.2 Å². The molecule has 1 aliphatic rings. The van der Waals surface area contributed by atoms with Gasteiger partial charge in [-0.15, -0.1) is 0 Å². The highest BCUT2D eigenvalue weighted by atomic mass is 14.7. The molecule has 0 unspecified atom stereocenters. The molecule has 0 atom stereocenters. The standard InChI is InChI=1S/C10H12N2/c11-9-5-1-2-6-10-8(9)4-3-7-12-10/h3-4,7,11H,1-2,5-6H2. The molecule has 1 aromatic rings. The number of rotatable bonds is 0. The van der Waals surface area contributed by atoms with E-state index in [9.17, 15) is 0 Å². The molecule has 1 aromatic heterocycles. The zero-order valence-corrected chi connectivity index (χ0v) is 7.01. The fourth-order valence-electron chi connectivity index (χ4n) is 1.64. The van der Waals surface area contributed by atoms with E-state index in [-0.39, 0.29) is 0 Å². The normalized spacial score (nSPS) is 16.8. The van der Waals surface area contributed by atoms with Gasteiger partial charge in [-0.2, -0.15) is 0 Å². The fraction of sp³-hybridized carbons (Fsp3) is 0.400. The molecule has 12 heavy (non-hydrogen) atoms. The van der Waals surface area contributed by atoms with E-state index in [0.717, 1.165) is 36.2 Å². The van der Waals surface area contributed by atoms with Crippen LogP contribution in [0.1, 0.15) is 30.5 Å². The quantitative estimate of drug-likeness (QED) is 0.580. The van der Waals surface area contributed by atoms with Crippen LogP contribution in [-0.4, -0.2) is 10.7 Å². The first kappa shape index (κ1) is 7.47. The van der Waals surface area contributed by atoms with Crippen LogP contribution in [0, 0.1) is 5.41 Å². The number of hydrogen-bond acceptors (Lipinski definition) is 2. The second-order valence-electron chi connectivity index (χ2n) is 3.18. The molecule has 1 N–H and O–H groups in total. The molecule has 0 amide bonds. The molecular weight excluding hydrogens is 148 g/mol. The van der Waals surface area contributed by atoms with E-state index >= 15 is 0 Å². The zero-order chi connectivity index (χ0) is 8.39. The zero-order valence-electron chi connectivity index (χ0n) is 7.01. The van der Waals surface area contributed by atoms with Crippen LogP contribution in [0.3, 0.4) is 0 Å². The predicted molar refractivity (Wildman–Crippen MR) is 48.6 cm³/mol. The van der Waals surface area contributed by atoms with Crippen molar-refractivity contribution in [2.45, 2.75) is 25.7 Å².